The van der Waals surface area contributed by atoms with Gasteiger partial charge in [-0.25, -0.2) is 9.50 Å². The first-order valence-electron chi connectivity index (χ1n) is 9.76. The van der Waals surface area contributed by atoms with Gasteiger partial charge in [0, 0.05) is 38.1 Å². The van der Waals surface area contributed by atoms with Gasteiger partial charge in [-0.1, -0.05) is 30.7 Å². The number of anilines is 1. The van der Waals surface area contributed by atoms with Crippen molar-refractivity contribution < 1.29 is 4.79 Å². The maximum Gasteiger partial charge on any atom is 0.234 e. The van der Waals surface area contributed by atoms with Crippen LogP contribution in [-0.4, -0.2) is 64.7 Å². The molecule has 0 unspecified atom stereocenters. The number of halogens is 1. The number of para-hydroxylation sites is 1. The van der Waals surface area contributed by atoms with Crippen LogP contribution in [0.25, 0.3) is 16.6 Å². The van der Waals surface area contributed by atoms with Crippen LogP contribution in [0.15, 0.2) is 24.3 Å². The number of rotatable bonds is 5. The predicted molar refractivity (Wildman–Crippen MR) is 112 cm³/mol. The highest BCUT2D eigenvalue weighted by Crippen LogP contribution is 2.30. The highest BCUT2D eigenvalue weighted by Gasteiger charge is 2.23. The number of aromatic nitrogens is 3. The maximum atomic E-state index is 12.0. The van der Waals surface area contributed by atoms with Gasteiger partial charge in [-0.3, -0.25) is 9.69 Å². The third kappa shape index (κ3) is 3.52. The van der Waals surface area contributed by atoms with E-state index in [4.69, 9.17) is 16.6 Å². The van der Waals surface area contributed by atoms with E-state index in [-0.39, 0.29) is 5.91 Å². The van der Waals surface area contributed by atoms with Crippen LogP contribution in [0.3, 0.4) is 0 Å². The van der Waals surface area contributed by atoms with E-state index in [1.165, 1.54) is 0 Å². The second-order valence-electron chi connectivity index (χ2n) is 7.20. The molecular weight excluding hydrogens is 376 g/mol. The van der Waals surface area contributed by atoms with Gasteiger partial charge in [0.15, 0.2) is 5.65 Å². The fourth-order valence-corrected chi connectivity index (χ4v) is 3.81. The van der Waals surface area contributed by atoms with Gasteiger partial charge in [0.2, 0.25) is 5.91 Å². The summed E-state index contributed by atoms with van der Waals surface area (Å²) in [5.74, 6) is 1.03. The number of carbonyl (C=O) groups excluding carboxylic acids is 1. The van der Waals surface area contributed by atoms with Crippen molar-refractivity contribution in [2.75, 3.05) is 44.2 Å². The molecule has 0 radical (unpaired) electrons. The average Bonchev–Trinajstić information content (AvgIpc) is 3.01. The van der Waals surface area contributed by atoms with Crippen molar-refractivity contribution in [3.8, 4) is 0 Å². The number of fused-ring (bicyclic) bond motifs is 3. The Morgan fingerprint density at radius 1 is 1.21 bits per heavy atom. The zero-order valence-electron chi connectivity index (χ0n) is 16.3. The SMILES string of the molecule is CCCNC(=O)CN1CCN(c2nc3c(Cl)c(C)nn3c3ccccc23)CC1. The number of nitrogens with one attached hydrogen (secondary N) is 1. The average molecular weight is 401 g/mol. The van der Waals surface area contributed by atoms with E-state index in [0.29, 0.717) is 17.2 Å². The normalized spacial score (nSPS) is 15.5. The van der Waals surface area contributed by atoms with Crippen molar-refractivity contribution in [2.45, 2.75) is 20.3 Å². The molecule has 1 aliphatic rings. The van der Waals surface area contributed by atoms with Crippen molar-refractivity contribution >= 4 is 39.9 Å². The molecule has 1 saturated heterocycles. The Balaban J connectivity index is 1.58. The number of carbonyl (C=O) groups is 1. The highest BCUT2D eigenvalue weighted by atomic mass is 35.5. The fraction of sp³-hybridized carbons (Fsp3) is 0.450. The minimum atomic E-state index is 0.0989. The summed E-state index contributed by atoms with van der Waals surface area (Å²) in [6.07, 6.45) is 0.956. The van der Waals surface area contributed by atoms with Gasteiger partial charge in [0.1, 0.15) is 10.8 Å². The first-order valence-corrected chi connectivity index (χ1v) is 10.1. The number of hydrogen-bond acceptors (Lipinski definition) is 5. The van der Waals surface area contributed by atoms with Crippen molar-refractivity contribution in [1.82, 2.24) is 24.8 Å². The Morgan fingerprint density at radius 3 is 2.71 bits per heavy atom. The van der Waals surface area contributed by atoms with Crippen LogP contribution >= 0.6 is 11.6 Å². The van der Waals surface area contributed by atoms with E-state index in [1.807, 2.05) is 29.6 Å². The van der Waals surface area contributed by atoms with Crippen LogP contribution in [-0.2, 0) is 4.79 Å². The second kappa shape index (κ2) is 7.93. The lowest BCUT2D eigenvalue weighted by Crippen LogP contribution is -2.49. The summed E-state index contributed by atoms with van der Waals surface area (Å²) in [7, 11) is 0. The molecule has 28 heavy (non-hydrogen) atoms. The molecule has 2 aromatic heterocycles. The van der Waals surface area contributed by atoms with E-state index < -0.39 is 0 Å². The molecule has 1 N–H and O–H groups in total. The van der Waals surface area contributed by atoms with Gasteiger partial charge in [-0.2, -0.15) is 5.10 Å². The lowest BCUT2D eigenvalue weighted by molar-refractivity contribution is -0.122. The number of amides is 1. The molecule has 3 aromatic rings. The predicted octanol–water partition coefficient (Wildman–Crippen LogP) is 2.49. The maximum absolute atomic E-state index is 12.0. The van der Waals surface area contributed by atoms with Gasteiger partial charge in [-0.15, -0.1) is 0 Å². The van der Waals surface area contributed by atoms with Crippen LogP contribution in [0.4, 0.5) is 5.82 Å². The van der Waals surface area contributed by atoms with Gasteiger partial charge in [-0.05, 0) is 25.5 Å². The summed E-state index contributed by atoms with van der Waals surface area (Å²) in [4.78, 5) is 21.3. The highest BCUT2D eigenvalue weighted by molar-refractivity contribution is 6.34. The first-order chi connectivity index (χ1) is 13.6. The minimum absolute atomic E-state index is 0.0989. The lowest BCUT2D eigenvalue weighted by Gasteiger charge is -2.35. The van der Waals surface area contributed by atoms with Gasteiger partial charge >= 0.3 is 0 Å². The van der Waals surface area contributed by atoms with Crippen molar-refractivity contribution in [3.05, 3.63) is 35.0 Å². The smallest absolute Gasteiger partial charge is 0.234 e. The topological polar surface area (TPSA) is 65.8 Å². The summed E-state index contributed by atoms with van der Waals surface area (Å²) < 4.78 is 1.82. The largest absolute Gasteiger partial charge is 0.355 e. The Morgan fingerprint density at radius 2 is 1.96 bits per heavy atom. The number of hydrogen-bond donors (Lipinski definition) is 1. The molecule has 0 bridgehead atoms. The molecule has 0 aliphatic carbocycles. The minimum Gasteiger partial charge on any atom is -0.355 e. The fourth-order valence-electron chi connectivity index (χ4n) is 3.65. The second-order valence-corrected chi connectivity index (χ2v) is 7.58. The summed E-state index contributed by atoms with van der Waals surface area (Å²) in [6.45, 7) is 8.43. The van der Waals surface area contributed by atoms with E-state index in [0.717, 1.165) is 61.6 Å². The van der Waals surface area contributed by atoms with E-state index in [9.17, 15) is 4.79 Å². The quantitative estimate of drug-likeness (QED) is 0.712. The van der Waals surface area contributed by atoms with Crippen molar-refractivity contribution in [1.29, 1.82) is 0 Å². The van der Waals surface area contributed by atoms with Crippen molar-refractivity contribution in [3.63, 3.8) is 0 Å². The summed E-state index contributed by atoms with van der Waals surface area (Å²) in [5.41, 5.74) is 2.47. The Kier molecular flexibility index (Phi) is 5.37. The number of piperazine rings is 1. The van der Waals surface area contributed by atoms with Gasteiger partial charge in [0.05, 0.1) is 17.8 Å². The molecule has 0 spiro atoms. The summed E-state index contributed by atoms with van der Waals surface area (Å²) in [5, 5.41) is 9.15. The molecular formula is C20H25ClN6O. The standard InChI is InChI=1S/C20H25ClN6O/c1-3-8-22-17(28)13-25-9-11-26(12-10-25)19-15-6-4-5-7-16(15)27-20(23-19)18(21)14(2)24-27/h4-7H,3,8-13H2,1-2H3,(H,22,28). The number of aryl methyl sites for hydroxylation is 1. The zero-order chi connectivity index (χ0) is 19.7. The Bertz CT molecular complexity index is 1010. The number of benzene rings is 1. The van der Waals surface area contributed by atoms with Gasteiger partial charge < -0.3 is 10.2 Å². The number of nitrogens with zero attached hydrogens (tertiary/aromatic N) is 5. The monoisotopic (exact) mass is 400 g/mol. The summed E-state index contributed by atoms with van der Waals surface area (Å²) in [6, 6.07) is 8.14. The molecule has 7 nitrogen and oxygen atoms in total. The molecule has 0 saturated carbocycles. The molecule has 8 heteroatoms. The van der Waals surface area contributed by atoms with Crippen LogP contribution in [0.2, 0.25) is 5.02 Å². The lowest BCUT2D eigenvalue weighted by atomic mass is 10.2. The van der Waals surface area contributed by atoms with E-state index in [2.05, 4.69) is 33.2 Å². The Labute approximate surface area is 169 Å². The molecule has 1 aliphatic heterocycles. The third-order valence-electron chi connectivity index (χ3n) is 5.16. The molecule has 1 fully saturated rings. The van der Waals surface area contributed by atoms with E-state index in [1.54, 1.807) is 0 Å². The van der Waals surface area contributed by atoms with Crippen LogP contribution in [0.1, 0.15) is 19.0 Å². The van der Waals surface area contributed by atoms with Crippen LogP contribution in [0.5, 0.6) is 0 Å². The molecule has 1 aromatic carbocycles. The van der Waals surface area contributed by atoms with Gasteiger partial charge in [0.25, 0.3) is 0 Å². The third-order valence-corrected chi connectivity index (χ3v) is 5.60. The zero-order valence-corrected chi connectivity index (χ0v) is 17.0. The van der Waals surface area contributed by atoms with Crippen LogP contribution < -0.4 is 10.2 Å². The van der Waals surface area contributed by atoms with Crippen molar-refractivity contribution in [2.24, 2.45) is 0 Å². The summed E-state index contributed by atoms with van der Waals surface area (Å²) >= 11 is 6.46. The molecule has 1 amide bonds. The van der Waals surface area contributed by atoms with Crippen LogP contribution in [0, 0.1) is 6.92 Å². The molecule has 0 atom stereocenters. The molecule has 4 rings (SSSR count). The molecule has 148 valence electrons. The Hall–Kier alpha value is -2.38. The van der Waals surface area contributed by atoms with E-state index >= 15 is 0 Å². The molecule has 3 heterocycles. The first kappa shape index (κ1) is 19.0.